The first kappa shape index (κ1) is 13.0. The average Bonchev–Trinajstić information content (AvgIpc) is 2.35. The Morgan fingerprint density at radius 1 is 1.38 bits per heavy atom. The summed E-state index contributed by atoms with van der Waals surface area (Å²) in [4.78, 5) is 22.2. The molecule has 5 heteroatoms. The van der Waals surface area contributed by atoms with Crippen LogP contribution in [-0.2, 0) is 14.3 Å². The Labute approximate surface area is 95.2 Å². The third-order valence-corrected chi connectivity index (χ3v) is 3.10. The number of aliphatic hydroxyl groups excluding tert-OH is 1. The summed E-state index contributed by atoms with van der Waals surface area (Å²) in [6, 6.07) is -0.327. The van der Waals surface area contributed by atoms with Gasteiger partial charge in [-0.1, -0.05) is 19.3 Å². The lowest BCUT2D eigenvalue weighted by Crippen LogP contribution is -2.46. The van der Waals surface area contributed by atoms with E-state index in [1.807, 2.05) is 0 Å². The molecule has 16 heavy (non-hydrogen) atoms. The van der Waals surface area contributed by atoms with E-state index in [0.29, 0.717) is 0 Å². The Hall–Kier alpha value is -1.10. The molecule has 0 unspecified atom stereocenters. The van der Waals surface area contributed by atoms with E-state index in [2.05, 4.69) is 10.1 Å². The van der Waals surface area contributed by atoms with Crippen LogP contribution in [0.5, 0.6) is 0 Å². The minimum absolute atomic E-state index is 0.132. The third kappa shape index (κ3) is 3.48. The number of ether oxygens (including phenoxy) is 1. The highest BCUT2D eigenvalue weighted by Gasteiger charge is 2.26. The summed E-state index contributed by atoms with van der Waals surface area (Å²) in [7, 11) is 1.16. The van der Waals surface area contributed by atoms with Gasteiger partial charge < -0.3 is 15.2 Å². The summed E-state index contributed by atoms with van der Waals surface area (Å²) in [6.07, 6.45) is 5.43. The van der Waals surface area contributed by atoms with Crippen LogP contribution < -0.4 is 5.32 Å². The summed E-state index contributed by atoms with van der Waals surface area (Å²) in [6.45, 7) is -0.132. The summed E-state index contributed by atoms with van der Waals surface area (Å²) >= 11 is 0. The molecule has 5 nitrogen and oxygen atoms in total. The molecule has 1 aliphatic carbocycles. The second kappa shape index (κ2) is 6.48. The molecule has 1 fully saturated rings. The van der Waals surface area contributed by atoms with Crippen LogP contribution >= 0.6 is 0 Å². The van der Waals surface area contributed by atoms with Crippen LogP contribution in [-0.4, -0.2) is 36.7 Å². The first-order chi connectivity index (χ1) is 7.69. The molecule has 1 aliphatic rings. The van der Waals surface area contributed by atoms with Gasteiger partial charge in [0.2, 0.25) is 0 Å². The van der Waals surface area contributed by atoms with Gasteiger partial charge in [-0.2, -0.15) is 0 Å². The topological polar surface area (TPSA) is 75.6 Å². The molecule has 2 N–H and O–H groups in total. The molecule has 0 aromatic heterocycles. The van der Waals surface area contributed by atoms with Crippen molar-refractivity contribution in [1.29, 1.82) is 0 Å². The van der Waals surface area contributed by atoms with Crippen LogP contribution in [0, 0.1) is 5.92 Å². The molecule has 1 saturated carbocycles. The minimum atomic E-state index is -0.908. The molecule has 0 aromatic carbocycles. The van der Waals surface area contributed by atoms with E-state index in [0.717, 1.165) is 32.8 Å². The summed E-state index contributed by atoms with van der Waals surface area (Å²) in [5, 5.41) is 11.7. The number of methoxy groups -OCH3 is 1. The van der Waals surface area contributed by atoms with Gasteiger partial charge in [0.15, 0.2) is 0 Å². The number of carbonyl (C=O) groups excluding carboxylic acids is 2. The van der Waals surface area contributed by atoms with Crippen LogP contribution in [0.1, 0.15) is 32.1 Å². The Morgan fingerprint density at radius 2 is 2.00 bits per heavy atom. The predicted octanol–water partition coefficient (Wildman–Crippen LogP) is 0.217. The highest BCUT2D eigenvalue weighted by atomic mass is 16.5. The molecule has 0 heterocycles. The molecule has 92 valence electrons. The van der Waals surface area contributed by atoms with Gasteiger partial charge in [0.1, 0.15) is 0 Å². The number of hydrogen-bond acceptors (Lipinski definition) is 4. The molecule has 1 rings (SSSR count). The molecule has 0 spiro atoms. The lowest BCUT2D eigenvalue weighted by Gasteiger charge is -2.29. The summed E-state index contributed by atoms with van der Waals surface area (Å²) < 4.78 is 4.31. The zero-order valence-corrected chi connectivity index (χ0v) is 9.57. The molecular weight excluding hydrogens is 210 g/mol. The number of nitrogens with one attached hydrogen (secondary N) is 1. The van der Waals surface area contributed by atoms with Gasteiger partial charge in [-0.25, -0.2) is 4.79 Å². The maximum atomic E-state index is 11.3. The van der Waals surface area contributed by atoms with E-state index in [1.54, 1.807) is 0 Å². The maximum Gasteiger partial charge on any atom is 0.396 e. The number of amides is 1. The van der Waals surface area contributed by atoms with Crippen molar-refractivity contribution in [2.24, 2.45) is 5.92 Å². The quantitative estimate of drug-likeness (QED) is 0.536. The number of aliphatic hydroxyl groups is 1. The van der Waals surface area contributed by atoms with E-state index >= 15 is 0 Å². The van der Waals surface area contributed by atoms with Crippen LogP contribution in [0.2, 0.25) is 0 Å². The first-order valence-electron chi connectivity index (χ1n) is 5.68. The molecule has 0 aromatic rings. The Kier molecular flexibility index (Phi) is 5.25. The second-order valence-corrected chi connectivity index (χ2v) is 4.15. The SMILES string of the molecule is COC(=O)C(=O)N[C@@H](CO)C1CCCCC1. The van der Waals surface area contributed by atoms with Crippen molar-refractivity contribution in [3.8, 4) is 0 Å². The van der Waals surface area contributed by atoms with Crippen molar-refractivity contribution in [2.45, 2.75) is 38.1 Å². The van der Waals surface area contributed by atoms with Gasteiger partial charge in [-0.15, -0.1) is 0 Å². The van der Waals surface area contributed by atoms with E-state index < -0.39 is 11.9 Å². The van der Waals surface area contributed by atoms with Gasteiger partial charge in [0.05, 0.1) is 19.8 Å². The zero-order chi connectivity index (χ0) is 12.0. The first-order valence-corrected chi connectivity index (χ1v) is 5.68. The minimum Gasteiger partial charge on any atom is -0.462 e. The average molecular weight is 229 g/mol. The van der Waals surface area contributed by atoms with E-state index in [1.165, 1.54) is 6.42 Å². The number of carbonyl (C=O) groups is 2. The largest absolute Gasteiger partial charge is 0.462 e. The van der Waals surface area contributed by atoms with Crippen molar-refractivity contribution in [3.05, 3.63) is 0 Å². The molecule has 1 amide bonds. The maximum absolute atomic E-state index is 11.3. The van der Waals surface area contributed by atoms with E-state index in [4.69, 9.17) is 0 Å². The van der Waals surface area contributed by atoms with Crippen LogP contribution in [0.4, 0.5) is 0 Å². The van der Waals surface area contributed by atoms with Crippen LogP contribution in [0.3, 0.4) is 0 Å². The fourth-order valence-corrected chi connectivity index (χ4v) is 2.17. The summed E-state index contributed by atoms with van der Waals surface area (Å²) in [5.41, 5.74) is 0. The molecule has 0 aliphatic heterocycles. The van der Waals surface area contributed by atoms with Gasteiger partial charge in [-0.3, -0.25) is 4.79 Å². The Bertz CT molecular complexity index is 248. The molecule has 0 bridgehead atoms. The third-order valence-electron chi connectivity index (χ3n) is 3.10. The Morgan fingerprint density at radius 3 is 2.50 bits per heavy atom. The van der Waals surface area contributed by atoms with Crippen LogP contribution in [0.25, 0.3) is 0 Å². The van der Waals surface area contributed by atoms with Crippen molar-refractivity contribution < 1.29 is 19.4 Å². The lowest BCUT2D eigenvalue weighted by molar-refractivity contribution is -0.153. The summed E-state index contributed by atoms with van der Waals surface area (Å²) in [5.74, 6) is -1.41. The Balaban J connectivity index is 2.47. The van der Waals surface area contributed by atoms with Gasteiger partial charge in [0.25, 0.3) is 0 Å². The molecule has 1 atom stereocenters. The molecular formula is C11H19NO4. The van der Waals surface area contributed by atoms with Crippen LogP contribution in [0.15, 0.2) is 0 Å². The van der Waals surface area contributed by atoms with E-state index in [-0.39, 0.29) is 18.6 Å². The number of rotatable bonds is 3. The monoisotopic (exact) mass is 229 g/mol. The number of hydrogen-bond donors (Lipinski definition) is 2. The number of esters is 1. The van der Waals surface area contributed by atoms with E-state index in [9.17, 15) is 14.7 Å². The predicted molar refractivity (Wildman–Crippen MR) is 57.6 cm³/mol. The zero-order valence-electron chi connectivity index (χ0n) is 9.57. The fraction of sp³-hybridized carbons (Fsp3) is 0.818. The fourth-order valence-electron chi connectivity index (χ4n) is 2.17. The highest BCUT2D eigenvalue weighted by molar-refractivity contribution is 6.32. The van der Waals surface area contributed by atoms with Crippen molar-refractivity contribution in [2.75, 3.05) is 13.7 Å². The van der Waals surface area contributed by atoms with Gasteiger partial charge in [0, 0.05) is 0 Å². The molecule has 0 radical (unpaired) electrons. The van der Waals surface area contributed by atoms with Crippen molar-refractivity contribution in [3.63, 3.8) is 0 Å². The standard InChI is InChI=1S/C11H19NO4/c1-16-11(15)10(14)12-9(7-13)8-5-3-2-4-6-8/h8-9,13H,2-7H2,1H3,(H,12,14)/t9-/m0/s1. The van der Waals surface area contributed by atoms with Crippen molar-refractivity contribution >= 4 is 11.9 Å². The second-order valence-electron chi connectivity index (χ2n) is 4.15. The smallest absolute Gasteiger partial charge is 0.396 e. The van der Waals surface area contributed by atoms with Crippen molar-refractivity contribution in [1.82, 2.24) is 5.32 Å². The lowest BCUT2D eigenvalue weighted by atomic mass is 9.84. The highest BCUT2D eigenvalue weighted by Crippen LogP contribution is 2.26. The molecule has 0 saturated heterocycles. The normalized spacial score (nSPS) is 18.9. The van der Waals surface area contributed by atoms with Gasteiger partial charge in [-0.05, 0) is 18.8 Å². The van der Waals surface area contributed by atoms with Gasteiger partial charge >= 0.3 is 11.9 Å².